The van der Waals surface area contributed by atoms with Crippen molar-refractivity contribution in [2.24, 2.45) is 0 Å². The maximum absolute atomic E-state index is 7.62. The van der Waals surface area contributed by atoms with Gasteiger partial charge in [0.05, 0.1) is 26.4 Å². The Balaban J connectivity index is -0.0000000300. The van der Waals surface area contributed by atoms with Crippen LogP contribution in [0.4, 0.5) is 0 Å². The molecule has 0 atom stereocenters. The number of hydrogen-bond acceptors (Lipinski definition) is 4. The van der Waals surface area contributed by atoms with Gasteiger partial charge in [0.2, 0.25) is 0 Å². The second kappa shape index (κ2) is 22.7. The molecule has 0 fully saturated rings. The summed E-state index contributed by atoms with van der Waals surface area (Å²) in [6.07, 6.45) is 0. The van der Waals surface area contributed by atoms with Gasteiger partial charge in [-0.2, -0.15) is 0 Å². The second-order valence-corrected chi connectivity index (χ2v) is 0.894. The predicted octanol–water partition coefficient (Wildman–Crippen LogP) is -4.94. The number of rotatable bonds is 2. The van der Waals surface area contributed by atoms with Crippen molar-refractivity contribution in [2.45, 2.75) is 0 Å². The van der Waals surface area contributed by atoms with Crippen molar-refractivity contribution in [3.63, 3.8) is 0 Å². The van der Waals surface area contributed by atoms with Crippen LogP contribution in [0.25, 0.3) is 0 Å². The Bertz CT molecular complexity index is 25.2. The van der Waals surface area contributed by atoms with E-state index in [1.54, 1.807) is 0 Å². The van der Waals surface area contributed by atoms with Gasteiger partial charge in [-0.15, -0.1) is 0 Å². The molecule has 4 N–H and O–H groups in total. The van der Waals surface area contributed by atoms with Crippen molar-refractivity contribution in [1.82, 2.24) is 0 Å². The van der Waals surface area contributed by atoms with E-state index in [0.717, 1.165) is 0 Å². The Kier molecular flexibility index (Phi) is 42.5. The van der Waals surface area contributed by atoms with Gasteiger partial charge >= 0.3 is 51.4 Å². The molecule has 0 saturated carbocycles. The zero-order chi connectivity index (χ0) is 6.83. The summed E-state index contributed by atoms with van der Waals surface area (Å²) in [6, 6.07) is 0. The van der Waals surface area contributed by atoms with E-state index in [1.165, 1.54) is 0 Å². The summed E-state index contributed by atoms with van der Waals surface area (Å²) in [6.45, 7) is -0.500. The molecule has 0 aliphatic heterocycles. The molecule has 0 saturated heterocycles. The van der Waals surface area contributed by atoms with E-state index in [2.05, 4.69) is 0 Å². The normalized spacial score (nSPS) is 6.67. The maximum Gasteiger partial charge on any atom is 1.00 e. The topological polar surface area (TPSA) is 80.9 Å². The van der Waals surface area contributed by atoms with E-state index >= 15 is 0 Å². The zero-order valence-corrected chi connectivity index (χ0v) is 8.74. The largest absolute Gasteiger partial charge is 1.00 e. The molecule has 9 heavy (non-hydrogen) atoms. The first kappa shape index (κ1) is 16.8. The SMILES string of the molecule is OCCO.OCCO.[H-].[K+]. The summed E-state index contributed by atoms with van der Waals surface area (Å²) in [5, 5.41) is 30.5. The van der Waals surface area contributed by atoms with Crippen molar-refractivity contribution in [3.8, 4) is 0 Å². The molecule has 4 nitrogen and oxygen atoms in total. The van der Waals surface area contributed by atoms with Crippen molar-refractivity contribution in [2.75, 3.05) is 26.4 Å². The minimum Gasteiger partial charge on any atom is -1.00 e. The number of aliphatic hydroxyl groups excluding tert-OH is 4. The van der Waals surface area contributed by atoms with E-state index in [9.17, 15) is 0 Å². The Morgan fingerprint density at radius 1 is 0.667 bits per heavy atom. The van der Waals surface area contributed by atoms with Crippen molar-refractivity contribution < 1.29 is 73.2 Å². The molecule has 0 rings (SSSR count). The third kappa shape index (κ3) is 43.8. The number of hydrogen-bond donors (Lipinski definition) is 4. The van der Waals surface area contributed by atoms with Gasteiger partial charge in [-0.25, -0.2) is 0 Å². The van der Waals surface area contributed by atoms with E-state index in [-0.39, 0.29) is 79.2 Å². The molecule has 0 aliphatic carbocycles. The fraction of sp³-hybridized carbons (Fsp3) is 1.00. The maximum atomic E-state index is 7.62. The molecule has 0 radical (unpaired) electrons. The summed E-state index contributed by atoms with van der Waals surface area (Å²) in [5.41, 5.74) is 0. The summed E-state index contributed by atoms with van der Waals surface area (Å²) in [7, 11) is 0. The number of aliphatic hydroxyl groups is 4. The Morgan fingerprint density at radius 2 is 0.778 bits per heavy atom. The van der Waals surface area contributed by atoms with Gasteiger partial charge in [-0.1, -0.05) is 0 Å². The summed E-state index contributed by atoms with van der Waals surface area (Å²) in [5.74, 6) is 0. The smallest absolute Gasteiger partial charge is 1.00 e. The third-order valence-electron chi connectivity index (χ3n) is 0.200. The van der Waals surface area contributed by atoms with Crippen LogP contribution in [0, 0.1) is 0 Å². The minimum atomic E-state index is -0.125. The Hall–Kier alpha value is 1.48. The molecule has 0 unspecified atom stereocenters. The van der Waals surface area contributed by atoms with Crippen LogP contribution >= 0.6 is 0 Å². The van der Waals surface area contributed by atoms with Crippen molar-refractivity contribution >= 4 is 0 Å². The third-order valence-corrected chi connectivity index (χ3v) is 0.200. The van der Waals surface area contributed by atoms with Crippen LogP contribution < -0.4 is 51.4 Å². The quantitative estimate of drug-likeness (QED) is 0.308. The summed E-state index contributed by atoms with van der Waals surface area (Å²) < 4.78 is 0. The first-order valence-corrected chi connectivity index (χ1v) is 2.26. The molecule has 5 heteroatoms. The van der Waals surface area contributed by atoms with Gasteiger partial charge < -0.3 is 21.9 Å². The van der Waals surface area contributed by atoms with Gasteiger partial charge in [0.15, 0.2) is 0 Å². The van der Waals surface area contributed by atoms with E-state index in [1.807, 2.05) is 0 Å². The van der Waals surface area contributed by atoms with Crippen LogP contribution in [0.15, 0.2) is 0 Å². The molecule has 0 aromatic rings. The Morgan fingerprint density at radius 3 is 0.778 bits per heavy atom. The average Bonchev–Trinajstić information content (AvgIpc) is 1.88. The van der Waals surface area contributed by atoms with Gasteiger partial charge in [0, 0.05) is 0 Å². The molecule has 0 aliphatic rings. The molecular formula is C4H13KO4. The van der Waals surface area contributed by atoms with Crippen molar-refractivity contribution in [1.29, 1.82) is 0 Å². The molecule has 54 valence electrons. The first-order valence-electron chi connectivity index (χ1n) is 2.26. The van der Waals surface area contributed by atoms with Crippen LogP contribution in [0.3, 0.4) is 0 Å². The molecule has 0 spiro atoms. The van der Waals surface area contributed by atoms with Gasteiger partial charge in [0.1, 0.15) is 0 Å². The van der Waals surface area contributed by atoms with Gasteiger partial charge in [-0.05, 0) is 0 Å². The average molecular weight is 164 g/mol. The fourth-order valence-corrected chi connectivity index (χ4v) is 0. The standard InChI is InChI=1S/2C2H6O2.K.H/c2*3-1-2-4;;/h2*3-4H,1-2H2;;/q;;+1;-1. The van der Waals surface area contributed by atoms with E-state index in [0.29, 0.717) is 0 Å². The van der Waals surface area contributed by atoms with Crippen LogP contribution in [0.2, 0.25) is 0 Å². The van der Waals surface area contributed by atoms with Crippen LogP contribution in [-0.2, 0) is 0 Å². The Labute approximate surface area is 98.4 Å². The van der Waals surface area contributed by atoms with Crippen LogP contribution in [-0.4, -0.2) is 46.9 Å². The summed E-state index contributed by atoms with van der Waals surface area (Å²) >= 11 is 0. The minimum absolute atomic E-state index is 0. The van der Waals surface area contributed by atoms with Gasteiger partial charge in [-0.3, -0.25) is 0 Å². The van der Waals surface area contributed by atoms with E-state index < -0.39 is 0 Å². The fourth-order valence-electron chi connectivity index (χ4n) is 0. The first-order chi connectivity index (χ1) is 3.83. The molecule has 0 aromatic heterocycles. The molecule has 0 bridgehead atoms. The molecule has 0 aromatic carbocycles. The van der Waals surface area contributed by atoms with Gasteiger partial charge in [0.25, 0.3) is 0 Å². The monoisotopic (exact) mass is 164 g/mol. The van der Waals surface area contributed by atoms with Crippen LogP contribution in [0.1, 0.15) is 1.43 Å². The molecule has 0 heterocycles. The summed E-state index contributed by atoms with van der Waals surface area (Å²) in [4.78, 5) is 0. The van der Waals surface area contributed by atoms with E-state index in [4.69, 9.17) is 20.4 Å². The molecule has 0 amide bonds. The van der Waals surface area contributed by atoms with Crippen LogP contribution in [0.5, 0.6) is 0 Å². The zero-order valence-electron chi connectivity index (χ0n) is 6.62. The molecular weight excluding hydrogens is 151 g/mol. The second-order valence-electron chi connectivity index (χ2n) is 0.894. The predicted molar refractivity (Wildman–Crippen MR) is 29.5 cm³/mol. The van der Waals surface area contributed by atoms with Crippen molar-refractivity contribution in [3.05, 3.63) is 0 Å².